The summed E-state index contributed by atoms with van der Waals surface area (Å²) in [4.78, 5) is 24.7. The number of ether oxygens (including phenoxy) is 1. The van der Waals surface area contributed by atoms with Crippen LogP contribution < -0.4 is 15.4 Å². The molecule has 8 nitrogen and oxygen atoms in total. The quantitative estimate of drug-likeness (QED) is 0.417. The van der Waals surface area contributed by atoms with Crippen molar-refractivity contribution in [3.05, 3.63) is 54.1 Å². The number of nitrogens with zero attached hydrogens (tertiary/aromatic N) is 1. The molecule has 2 aromatic carbocycles. The van der Waals surface area contributed by atoms with E-state index in [-0.39, 0.29) is 29.7 Å². The highest BCUT2D eigenvalue weighted by Crippen LogP contribution is 2.20. The molecular formula is C25H35N3O5S. The Bertz CT molecular complexity index is 1030. The monoisotopic (exact) mass is 489 g/mol. The van der Waals surface area contributed by atoms with Gasteiger partial charge in [-0.25, -0.2) is 8.42 Å². The molecule has 0 spiro atoms. The first kappa shape index (κ1) is 27.3. The van der Waals surface area contributed by atoms with Crippen molar-refractivity contribution < 1.29 is 22.7 Å². The number of methoxy groups -OCH3 is 1. The summed E-state index contributed by atoms with van der Waals surface area (Å²) in [5, 5.41) is 5.43. The molecule has 2 amide bonds. The summed E-state index contributed by atoms with van der Waals surface area (Å²) in [5.74, 6) is 0.000675. The van der Waals surface area contributed by atoms with Crippen LogP contribution in [0, 0.1) is 0 Å². The highest BCUT2D eigenvalue weighted by Gasteiger charge is 2.23. The van der Waals surface area contributed by atoms with Gasteiger partial charge in [0.05, 0.1) is 12.0 Å². The molecule has 2 N–H and O–H groups in total. The van der Waals surface area contributed by atoms with E-state index in [1.807, 2.05) is 13.8 Å². The Kier molecular flexibility index (Phi) is 11.0. The number of anilines is 1. The van der Waals surface area contributed by atoms with E-state index in [2.05, 4.69) is 10.6 Å². The summed E-state index contributed by atoms with van der Waals surface area (Å²) in [6.45, 7) is 5.23. The average Bonchev–Trinajstić information content (AvgIpc) is 2.84. The molecule has 2 rings (SSSR count). The van der Waals surface area contributed by atoms with Gasteiger partial charge in [-0.15, -0.1) is 0 Å². The number of carbonyl (C=O) groups is 2. The summed E-state index contributed by atoms with van der Waals surface area (Å²) in [7, 11) is -2.06. The molecule has 34 heavy (non-hydrogen) atoms. The van der Waals surface area contributed by atoms with Gasteiger partial charge in [0.15, 0.2) is 0 Å². The van der Waals surface area contributed by atoms with Crippen LogP contribution in [0.1, 0.15) is 56.3 Å². The molecule has 0 radical (unpaired) electrons. The molecule has 9 heteroatoms. The Morgan fingerprint density at radius 1 is 0.971 bits per heavy atom. The van der Waals surface area contributed by atoms with Gasteiger partial charge in [0.1, 0.15) is 5.75 Å². The molecule has 0 aromatic heterocycles. The van der Waals surface area contributed by atoms with E-state index in [0.29, 0.717) is 30.1 Å². The maximum absolute atomic E-state index is 13.0. The van der Waals surface area contributed by atoms with Crippen LogP contribution in [0.2, 0.25) is 0 Å². The molecule has 2 aromatic rings. The van der Waals surface area contributed by atoms with Crippen LogP contribution in [0.3, 0.4) is 0 Å². The van der Waals surface area contributed by atoms with Crippen molar-refractivity contribution in [3.63, 3.8) is 0 Å². The molecule has 0 saturated heterocycles. The molecule has 0 saturated carbocycles. The number of unbranched alkanes of at least 4 members (excludes halogenated alkanes) is 2. The van der Waals surface area contributed by atoms with Crippen LogP contribution in [0.5, 0.6) is 5.75 Å². The third kappa shape index (κ3) is 8.14. The predicted molar refractivity (Wildman–Crippen MR) is 134 cm³/mol. The first-order valence-corrected chi connectivity index (χ1v) is 13.1. The van der Waals surface area contributed by atoms with Gasteiger partial charge in [-0.2, -0.15) is 4.31 Å². The Balaban J connectivity index is 1.90. The Hall–Kier alpha value is -2.91. The fraction of sp³-hybridized carbons (Fsp3) is 0.440. The minimum absolute atomic E-state index is 0.0809. The average molecular weight is 490 g/mol. The summed E-state index contributed by atoms with van der Waals surface area (Å²) in [6, 6.07) is 12.9. The minimum atomic E-state index is -3.58. The molecule has 0 fully saturated rings. The first-order valence-electron chi connectivity index (χ1n) is 11.6. The maximum Gasteiger partial charge on any atom is 0.251 e. The lowest BCUT2D eigenvalue weighted by atomic mass is 10.2. The second kappa shape index (κ2) is 13.7. The number of nitrogens with one attached hydrogen (secondary N) is 2. The summed E-state index contributed by atoms with van der Waals surface area (Å²) in [6.07, 6.45) is 3.54. The smallest absolute Gasteiger partial charge is 0.251 e. The summed E-state index contributed by atoms with van der Waals surface area (Å²) >= 11 is 0. The van der Waals surface area contributed by atoms with Crippen LogP contribution in [-0.4, -0.2) is 51.3 Å². The van der Waals surface area contributed by atoms with Crippen molar-refractivity contribution in [2.45, 2.75) is 50.8 Å². The van der Waals surface area contributed by atoms with Crippen LogP contribution >= 0.6 is 0 Å². The highest BCUT2D eigenvalue weighted by molar-refractivity contribution is 7.89. The van der Waals surface area contributed by atoms with E-state index in [9.17, 15) is 18.0 Å². The minimum Gasteiger partial charge on any atom is -0.497 e. The number of benzene rings is 2. The fourth-order valence-corrected chi connectivity index (χ4v) is 4.78. The summed E-state index contributed by atoms with van der Waals surface area (Å²) < 4.78 is 32.7. The van der Waals surface area contributed by atoms with E-state index in [1.165, 1.54) is 19.2 Å². The number of hydrogen-bond donors (Lipinski definition) is 2. The zero-order valence-electron chi connectivity index (χ0n) is 20.2. The molecule has 0 aliphatic heterocycles. The van der Waals surface area contributed by atoms with Gasteiger partial charge in [0, 0.05) is 37.3 Å². The van der Waals surface area contributed by atoms with E-state index in [1.54, 1.807) is 40.7 Å². The molecule has 186 valence electrons. The van der Waals surface area contributed by atoms with Gasteiger partial charge in [0.2, 0.25) is 15.9 Å². The van der Waals surface area contributed by atoms with Crippen LogP contribution in [0.25, 0.3) is 0 Å². The Morgan fingerprint density at radius 3 is 2.21 bits per heavy atom. The Labute approximate surface area is 202 Å². The molecule has 0 aliphatic carbocycles. The van der Waals surface area contributed by atoms with E-state index in [0.717, 1.165) is 25.7 Å². The van der Waals surface area contributed by atoms with Gasteiger partial charge in [-0.05, 0) is 55.3 Å². The summed E-state index contributed by atoms with van der Waals surface area (Å²) in [5.41, 5.74) is 0.945. The molecule has 0 bridgehead atoms. The van der Waals surface area contributed by atoms with Crippen LogP contribution in [0.4, 0.5) is 5.69 Å². The number of sulfonamides is 1. The van der Waals surface area contributed by atoms with Crippen molar-refractivity contribution in [1.82, 2.24) is 9.62 Å². The molecule has 0 aliphatic rings. The van der Waals surface area contributed by atoms with Gasteiger partial charge < -0.3 is 15.4 Å². The lowest BCUT2D eigenvalue weighted by molar-refractivity contribution is -0.116. The normalized spacial score (nSPS) is 11.3. The number of rotatable bonds is 14. The lowest BCUT2D eigenvalue weighted by Gasteiger charge is -2.22. The standard InChI is InChI=1S/C25H35N3O5S/c1-4-6-17-28(18-7-5-2)34(31,32)23-13-11-21(12-14-23)27-24(29)15-16-26-25(30)20-9-8-10-22(19-20)33-3/h8-14,19H,4-7,15-18H2,1-3H3,(H,26,30)(H,27,29). The topological polar surface area (TPSA) is 105 Å². The molecule has 0 unspecified atom stereocenters. The van der Waals surface area contributed by atoms with E-state index >= 15 is 0 Å². The van der Waals surface area contributed by atoms with E-state index < -0.39 is 10.0 Å². The lowest BCUT2D eigenvalue weighted by Crippen LogP contribution is -2.33. The zero-order valence-corrected chi connectivity index (χ0v) is 21.0. The first-order chi connectivity index (χ1) is 16.3. The maximum atomic E-state index is 13.0. The van der Waals surface area contributed by atoms with Crippen molar-refractivity contribution in [2.75, 3.05) is 32.1 Å². The Morgan fingerprint density at radius 2 is 1.62 bits per heavy atom. The molecule has 0 heterocycles. The van der Waals surface area contributed by atoms with Crippen molar-refractivity contribution in [1.29, 1.82) is 0 Å². The third-order valence-corrected chi connectivity index (χ3v) is 7.18. The van der Waals surface area contributed by atoms with Crippen molar-refractivity contribution in [3.8, 4) is 5.75 Å². The predicted octanol–water partition coefficient (Wildman–Crippen LogP) is 4.04. The van der Waals surface area contributed by atoms with Crippen molar-refractivity contribution in [2.24, 2.45) is 0 Å². The van der Waals surface area contributed by atoms with Gasteiger partial charge in [-0.3, -0.25) is 9.59 Å². The van der Waals surface area contributed by atoms with Gasteiger partial charge in [-0.1, -0.05) is 32.8 Å². The van der Waals surface area contributed by atoms with Crippen LogP contribution in [-0.2, 0) is 14.8 Å². The third-order valence-electron chi connectivity index (χ3n) is 5.27. The zero-order chi connectivity index (χ0) is 25.0. The number of hydrogen-bond acceptors (Lipinski definition) is 5. The number of amides is 2. The van der Waals surface area contributed by atoms with E-state index in [4.69, 9.17) is 4.74 Å². The fourth-order valence-electron chi connectivity index (χ4n) is 3.26. The van der Waals surface area contributed by atoms with Gasteiger partial charge >= 0.3 is 0 Å². The molecule has 0 atom stereocenters. The van der Waals surface area contributed by atoms with Crippen LogP contribution in [0.15, 0.2) is 53.4 Å². The largest absolute Gasteiger partial charge is 0.497 e. The number of carbonyl (C=O) groups excluding carboxylic acids is 2. The van der Waals surface area contributed by atoms with Crippen molar-refractivity contribution >= 4 is 27.5 Å². The second-order valence-electron chi connectivity index (χ2n) is 7.92. The molecular weight excluding hydrogens is 454 g/mol. The SMILES string of the molecule is CCCCN(CCCC)S(=O)(=O)c1ccc(NC(=O)CCNC(=O)c2cccc(OC)c2)cc1. The second-order valence-corrected chi connectivity index (χ2v) is 9.86. The highest BCUT2D eigenvalue weighted by atomic mass is 32.2. The van der Waals surface area contributed by atoms with Gasteiger partial charge in [0.25, 0.3) is 5.91 Å².